The fraction of sp³-hybridized carbons (Fsp3) is 0.179. The van der Waals surface area contributed by atoms with Crippen LogP contribution in [0.3, 0.4) is 0 Å². The standard InChI is InChI=1S/C28H26FN3O3/c1-3-7-25-27(28(35-19(2)33)32(31-25)24-16-12-22(29)13-17-24)21-10-14-23(15-11-21)30-26(34)18-20-8-5-4-6-9-20/h4-6,8-17H,3,7,18H2,1-2H3,(H,30,34). The molecular formula is C28H26FN3O3. The van der Waals surface area contributed by atoms with Crippen LogP contribution in [0.25, 0.3) is 16.8 Å². The van der Waals surface area contributed by atoms with Crippen LogP contribution in [-0.2, 0) is 22.4 Å². The third-order valence-electron chi connectivity index (χ3n) is 5.38. The van der Waals surface area contributed by atoms with Crippen LogP contribution >= 0.6 is 0 Å². The number of benzene rings is 3. The number of carbonyl (C=O) groups is 2. The Morgan fingerprint density at radius 2 is 1.66 bits per heavy atom. The Morgan fingerprint density at radius 3 is 2.29 bits per heavy atom. The molecule has 4 rings (SSSR count). The Hall–Kier alpha value is -4.26. The lowest BCUT2D eigenvalue weighted by Gasteiger charge is -2.10. The van der Waals surface area contributed by atoms with Gasteiger partial charge in [-0.05, 0) is 53.9 Å². The summed E-state index contributed by atoms with van der Waals surface area (Å²) >= 11 is 0. The lowest BCUT2D eigenvalue weighted by Crippen LogP contribution is -2.14. The van der Waals surface area contributed by atoms with Gasteiger partial charge in [0.15, 0.2) is 0 Å². The molecule has 7 heteroatoms. The molecule has 1 aromatic heterocycles. The van der Waals surface area contributed by atoms with Crippen LogP contribution in [-0.4, -0.2) is 21.7 Å². The SMILES string of the molecule is CCCc1nn(-c2ccc(F)cc2)c(OC(C)=O)c1-c1ccc(NC(=O)Cc2ccccc2)cc1. The summed E-state index contributed by atoms with van der Waals surface area (Å²) < 4.78 is 20.6. The largest absolute Gasteiger partial charge is 0.407 e. The number of aromatic nitrogens is 2. The average molecular weight is 472 g/mol. The van der Waals surface area contributed by atoms with E-state index in [-0.39, 0.29) is 24.0 Å². The van der Waals surface area contributed by atoms with Gasteiger partial charge in [-0.1, -0.05) is 55.8 Å². The van der Waals surface area contributed by atoms with Crippen LogP contribution in [0.4, 0.5) is 10.1 Å². The molecule has 178 valence electrons. The van der Waals surface area contributed by atoms with Crippen molar-refractivity contribution in [3.63, 3.8) is 0 Å². The molecular weight excluding hydrogens is 445 g/mol. The maximum atomic E-state index is 13.5. The van der Waals surface area contributed by atoms with Crippen molar-refractivity contribution in [1.29, 1.82) is 0 Å². The van der Waals surface area contributed by atoms with E-state index in [9.17, 15) is 14.0 Å². The zero-order valence-electron chi connectivity index (χ0n) is 19.6. The van der Waals surface area contributed by atoms with Gasteiger partial charge in [0.1, 0.15) is 5.82 Å². The van der Waals surface area contributed by atoms with Gasteiger partial charge in [0.05, 0.1) is 23.4 Å². The molecule has 3 aromatic carbocycles. The molecule has 0 atom stereocenters. The van der Waals surface area contributed by atoms with Gasteiger partial charge in [0, 0.05) is 12.6 Å². The van der Waals surface area contributed by atoms with E-state index in [0.717, 1.165) is 23.2 Å². The molecule has 0 bridgehead atoms. The number of esters is 1. The molecule has 1 N–H and O–H groups in total. The van der Waals surface area contributed by atoms with E-state index in [1.54, 1.807) is 24.3 Å². The fourth-order valence-electron chi connectivity index (χ4n) is 3.84. The third-order valence-corrected chi connectivity index (χ3v) is 5.38. The number of aryl methyl sites for hydroxylation is 1. The zero-order chi connectivity index (χ0) is 24.8. The highest BCUT2D eigenvalue weighted by molar-refractivity contribution is 5.92. The highest BCUT2D eigenvalue weighted by Gasteiger charge is 2.23. The highest BCUT2D eigenvalue weighted by Crippen LogP contribution is 2.37. The van der Waals surface area contributed by atoms with Gasteiger partial charge in [-0.25, -0.2) is 4.39 Å². The second-order valence-electron chi connectivity index (χ2n) is 8.15. The summed E-state index contributed by atoms with van der Waals surface area (Å²) in [6, 6.07) is 22.7. The maximum absolute atomic E-state index is 13.5. The summed E-state index contributed by atoms with van der Waals surface area (Å²) in [5.74, 6) is -0.690. The quantitative estimate of drug-likeness (QED) is 0.333. The van der Waals surface area contributed by atoms with Crippen LogP contribution in [0, 0.1) is 5.82 Å². The first-order chi connectivity index (χ1) is 16.9. The number of anilines is 1. The van der Waals surface area contributed by atoms with Crippen molar-refractivity contribution in [3.8, 4) is 22.7 Å². The first-order valence-electron chi connectivity index (χ1n) is 11.4. The summed E-state index contributed by atoms with van der Waals surface area (Å²) in [6.07, 6.45) is 1.78. The molecule has 0 aliphatic rings. The first-order valence-corrected chi connectivity index (χ1v) is 11.4. The molecule has 1 amide bonds. The molecule has 1 heterocycles. The monoisotopic (exact) mass is 471 g/mol. The van der Waals surface area contributed by atoms with Gasteiger partial charge >= 0.3 is 5.97 Å². The predicted octanol–water partition coefficient (Wildman–Crippen LogP) is 5.74. The van der Waals surface area contributed by atoms with E-state index in [1.807, 2.05) is 49.4 Å². The predicted molar refractivity (Wildman–Crippen MR) is 133 cm³/mol. The number of ether oxygens (including phenoxy) is 1. The van der Waals surface area contributed by atoms with E-state index < -0.39 is 5.97 Å². The van der Waals surface area contributed by atoms with Crippen LogP contribution in [0.1, 0.15) is 31.5 Å². The molecule has 0 fully saturated rings. The smallest absolute Gasteiger partial charge is 0.309 e. The molecule has 0 spiro atoms. The van der Waals surface area contributed by atoms with Crippen molar-refractivity contribution < 1.29 is 18.7 Å². The minimum Gasteiger partial charge on any atom is -0.407 e. The summed E-state index contributed by atoms with van der Waals surface area (Å²) in [5, 5.41) is 7.61. The lowest BCUT2D eigenvalue weighted by molar-refractivity contribution is -0.132. The number of rotatable bonds is 8. The molecule has 0 saturated heterocycles. The van der Waals surface area contributed by atoms with Gasteiger partial charge in [-0.3, -0.25) is 9.59 Å². The summed E-state index contributed by atoms with van der Waals surface area (Å²) in [6.45, 7) is 3.37. The molecule has 6 nitrogen and oxygen atoms in total. The van der Waals surface area contributed by atoms with E-state index in [1.165, 1.54) is 23.7 Å². The molecule has 0 saturated carbocycles. The highest BCUT2D eigenvalue weighted by atomic mass is 19.1. The molecule has 0 unspecified atom stereocenters. The molecule has 0 aliphatic carbocycles. The van der Waals surface area contributed by atoms with Gasteiger partial charge < -0.3 is 10.1 Å². The third kappa shape index (κ3) is 5.81. The Bertz CT molecular complexity index is 1310. The van der Waals surface area contributed by atoms with Crippen LogP contribution in [0.2, 0.25) is 0 Å². The molecule has 0 radical (unpaired) electrons. The van der Waals surface area contributed by atoms with Crippen molar-refractivity contribution in [2.24, 2.45) is 0 Å². The number of nitrogens with zero attached hydrogens (tertiary/aromatic N) is 2. The molecule has 35 heavy (non-hydrogen) atoms. The minimum atomic E-state index is -0.484. The number of hydrogen-bond donors (Lipinski definition) is 1. The number of nitrogens with one attached hydrogen (secondary N) is 1. The Kier molecular flexibility index (Phi) is 7.35. The van der Waals surface area contributed by atoms with E-state index in [4.69, 9.17) is 9.84 Å². The lowest BCUT2D eigenvalue weighted by atomic mass is 10.0. The van der Waals surface area contributed by atoms with E-state index >= 15 is 0 Å². The summed E-state index contributed by atoms with van der Waals surface area (Å²) in [4.78, 5) is 24.4. The topological polar surface area (TPSA) is 73.2 Å². The fourth-order valence-corrected chi connectivity index (χ4v) is 3.84. The summed E-state index contributed by atoms with van der Waals surface area (Å²) in [7, 11) is 0. The number of hydrogen-bond acceptors (Lipinski definition) is 4. The van der Waals surface area contributed by atoms with Gasteiger partial charge in [-0.15, -0.1) is 0 Å². The summed E-state index contributed by atoms with van der Waals surface area (Å²) in [5.41, 5.74) is 4.41. The van der Waals surface area contributed by atoms with Crippen molar-refractivity contribution in [3.05, 3.63) is 95.9 Å². The van der Waals surface area contributed by atoms with Crippen LogP contribution in [0.5, 0.6) is 5.88 Å². The van der Waals surface area contributed by atoms with Crippen LogP contribution < -0.4 is 10.1 Å². The number of halogens is 1. The van der Waals surface area contributed by atoms with Crippen LogP contribution in [0.15, 0.2) is 78.9 Å². The Labute approximate surface area is 203 Å². The number of carbonyl (C=O) groups excluding carboxylic acids is 2. The Morgan fingerprint density at radius 1 is 0.971 bits per heavy atom. The Balaban J connectivity index is 1.66. The number of amides is 1. The van der Waals surface area contributed by atoms with Crippen molar-refractivity contribution >= 4 is 17.6 Å². The van der Waals surface area contributed by atoms with Crippen molar-refractivity contribution in [1.82, 2.24) is 9.78 Å². The average Bonchev–Trinajstić information content (AvgIpc) is 3.18. The molecule has 0 aliphatic heterocycles. The second-order valence-corrected chi connectivity index (χ2v) is 8.15. The second kappa shape index (κ2) is 10.8. The van der Waals surface area contributed by atoms with Crippen molar-refractivity contribution in [2.45, 2.75) is 33.1 Å². The van der Waals surface area contributed by atoms with Gasteiger partial charge in [0.2, 0.25) is 11.8 Å². The zero-order valence-corrected chi connectivity index (χ0v) is 19.6. The van der Waals surface area contributed by atoms with E-state index in [0.29, 0.717) is 23.4 Å². The molecule has 4 aromatic rings. The maximum Gasteiger partial charge on any atom is 0.309 e. The minimum absolute atomic E-state index is 0.111. The normalized spacial score (nSPS) is 10.7. The first kappa shape index (κ1) is 23.9. The van der Waals surface area contributed by atoms with Gasteiger partial charge in [-0.2, -0.15) is 9.78 Å². The van der Waals surface area contributed by atoms with Gasteiger partial charge in [0.25, 0.3) is 0 Å². The van der Waals surface area contributed by atoms with Crippen molar-refractivity contribution in [2.75, 3.05) is 5.32 Å². The van der Waals surface area contributed by atoms with E-state index in [2.05, 4.69) is 5.32 Å².